The summed E-state index contributed by atoms with van der Waals surface area (Å²) in [5.74, 6) is 0.418. The van der Waals surface area contributed by atoms with Gasteiger partial charge in [-0.3, -0.25) is 0 Å². The van der Waals surface area contributed by atoms with Gasteiger partial charge in [-0.15, -0.1) is 24.0 Å². The first-order valence-electron chi connectivity index (χ1n) is 7.88. The highest BCUT2D eigenvalue weighted by Gasteiger charge is 2.02. The molecule has 0 aromatic heterocycles. The van der Waals surface area contributed by atoms with Gasteiger partial charge in [0.1, 0.15) is 0 Å². The average molecular weight is 439 g/mol. The van der Waals surface area contributed by atoms with Crippen LogP contribution in [0.5, 0.6) is 0 Å². The molecule has 2 rings (SSSR count). The number of aryl methyl sites for hydroxylation is 2. The molecule has 2 aromatic carbocycles. The van der Waals surface area contributed by atoms with Gasteiger partial charge in [0.25, 0.3) is 0 Å². The van der Waals surface area contributed by atoms with Crippen LogP contribution in [0.25, 0.3) is 0 Å². The molecule has 0 heterocycles. The molecular formula is C19H26IN3O. The maximum Gasteiger partial charge on any atom is 0.193 e. The van der Waals surface area contributed by atoms with Crippen molar-refractivity contribution in [3.8, 4) is 0 Å². The van der Waals surface area contributed by atoms with Gasteiger partial charge in [0.2, 0.25) is 0 Å². The normalized spacial score (nSPS) is 11.0. The first kappa shape index (κ1) is 20.4. The number of benzene rings is 2. The van der Waals surface area contributed by atoms with E-state index >= 15 is 0 Å². The van der Waals surface area contributed by atoms with Crippen LogP contribution in [0.1, 0.15) is 29.2 Å². The number of guanidine groups is 1. The smallest absolute Gasteiger partial charge is 0.193 e. The third-order valence-corrected chi connectivity index (χ3v) is 3.49. The molecule has 2 aromatic rings. The first-order valence-corrected chi connectivity index (χ1v) is 7.88. The van der Waals surface area contributed by atoms with Crippen molar-refractivity contribution >= 4 is 35.6 Å². The van der Waals surface area contributed by atoms with Crippen molar-refractivity contribution in [2.45, 2.75) is 33.9 Å². The molecule has 24 heavy (non-hydrogen) atoms. The van der Waals surface area contributed by atoms with Crippen molar-refractivity contribution in [3.05, 3.63) is 64.7 Å². The zero-order valence-electron chi connectivity index (χ0n) is 14.5. The van der Waals surface area contributed by atoms with E-state index < -0.39 is 0 Å². The Balaban J connectivity index is 0.00000288. The highest BCUT2D eigenvalue weighted by molar-refractivity contribution is 14.0. The van der Waals surface area contributed by atoms with Gasteiger partial charge in [0, 0.05) is 12.3 Å². The van der Waals surface area contributed by atoms with Crippen molar-refractivity contribution in [2.75, 3.05) is 11.9 Å². The molecule has 0 aliphatic rings. The van der Waals surface area contributed by atoms with Crippen LogP contribution in [0, 0.1) is 13.8 Å². The number of nitrogens with one attached hydrogen (secondary N) is 1. The van der Waals surface area contributed by atoms with Gasteiger partial charge in [-0.25, -0.2) is 4.99 Å². The standard InChI is InChI=1S/C19H25N3O.HI/c1-4-23-13-17-8-6-5-7-16(17)12-21-19(20)22-18-10-14(2)9-15(3)11-18;/h5-11H,4,12-13H2,1-3H3,(H3,20,21,22);1H. The topological polar surface area (TPSA) is 59.6 Å². The van der Waals surface area contributed by atoms with Crippen LogP contribution < -0.4 is 11.1 Å². The molecule has 0 saturated carbocycles. The van der Waals surface area contributed by atoms with E-state index in [0.29, 0.717) is 25.7 Å². The SMILES string of the molecule is CCOCc1ccccc1CN=C(N)Nc1cc(C)cc(C)c1.I. The number of rotatable bonds is 6. The summed E-state index contributed by atoms with van der Waals surface area (Å²) in [7, 11) is 0. The number of halogens is 1. The molecule has 0 atom stereocenters. The minimum absolute atomic E-state index is 0. The summed E-state index contributed by atoms with van der Waals surface area (Å²) in [4.78, 5) is 4.45. The third kappa shape index (κ3) is 6.49. The van der Waals surface area contributed by atoms with Crippen molar-refractivity contribution in [1.82, 2.24) is 0 Å². The summed E-state index contributed by atoms with van der Waals surface area (Å²) in [5.41, 5.74) is 11.6. The number of hydrogen-bond donors (Lipinski definition) is 2. The van der Waals surface area contributed by atoms with Crippen LogP contribution in [0.15, 0.2) is 47.5 Å². The van der Waals surface area contributed by atoms with Crippen molar-refractivity contribution in [3.63, 3.8) is 0 Å². The Morgan fingerprint density at radius 3 is 2.33 bits per heavy atom. The van der Waals surface area contributed by atoms with E-state index in [-0.39, 0.29) is 24.0 Å². The zero-order chi connectivity index (χ0) is 16.7. The average Bonchev–Trinajstić information content (AvgIpc) is 2.50. The Kier molecular flexibility index (Phi) is 8.78. The van der Waals surface area contributed by atoms with Crippen molar-refractivity contribution < 1.29 is 4.74 Å². The molecular weight excluding hydrogens is 413 g/mol. The Bertz CT molecular complexity index is 666. The van der Waals surface area contributed by atoms with Crippen molar-refractivity contribution in [1.29, 1.82) is 0 Å². The predicted octanol–water partition coefficient (Wildman–Crippen LogP) is 4.38. The van der Waals surface area contributed by atoms with Gasteiger partial charge in [0.05, 0.1) is 13.2 Å². The molecule has 0 radical (unpaired) electrons. The number of hydrogen-bond acceptors (Lipinski definition) is 2. The van der Waals surface area contributed by atoms with Crippen LogP contribution in [0.4, 0.5) is 5.69 Å². The third-order valence-electron chi connectivity index (χ3n) is 3.49. The van der Waals surface area contributed by atoms with Gasteiger partial charge < -0.3 is 15.8 Å². The summed E-state index contributed by atoms with van der Waals surface area (Å²) in [6.07, 6.45) is 0. The molecule has 0 aliphatic carbocycles. The Morgan fingerprint density at radius 1 is 1.08 bits per heavy atom. The largest absolute Gasteiger partial charge is 0.377 e. The summed E-state index contributed by atoms with van der Waals surface area (Å²) in [5, 5.41) is 3.15. The second-order valence-corrected chi connectivity index (χ2v) is 5.61. The van der Waals surface area contributed by atoms with E-state index in [9.17, 15) is 0 Å². The van der Waals surface area contributed by atoms with Gasteiger partial charge in [-0.2, -0.15) is 0 Å². The molecule has 3 N–H and O–H groups in total. The van der Waals surface area contributed by atoms with Gasteiger partial charge in [-0.05, 0) is 55.2 Å². The fourth-order valence-electron chi connectivity index (χ4n) is 2.47. The van der Waals surface area contributed by atoms with Gasteiger partial charge >= 0.3 is 0 Å². The molecule has 5 heteroatoms. The quantitative estimate of drug-likeness (QED) is 0.399. The molecule has 130 valence electrons. The van der Waals surface area contributed by atoms with E-state index in [1.807, 2.05) is 19.1 Å². The fourth-order valence-corrected chi connectivity index (χ4v) is 2.47. The second-order valence-electron chi connectivity index (χ2n) is 5.61. The Labute approximate surface area is 161 Å². The molecule has 4 nitrogen and oxygen atoms in total. The van der Waals surface area contributed by atoms with E-state index in [1.54, 1.807) is 0 Å². The van der Waals surface area contributed by atoms with Crippen molar-refractivity contribution in [2.24, 2.45) is 10.7 Å². The molecule has 0 unspecified atom stereocenters. The minimum Gasteiger partial charge on any atom is -0.377 e. The number of nitrogens with two attached hydrogens (primary N) is 1. The van der Waals surface area contributed by atoms with E-state index in [2.05, 4.69) is 54.5 Å². The summed E-state index contributed by atoms with van der Waals surface area (Å²) >= 11 is 0. The van der Waals surface area contributed by atoms with Crippen LogP contribution in [0.3, 0.4) is 0 Å². The lowest BCUT2D eigenvalue weighted by atomic mass is 10.1. The van der Waals surface area contributed by atoms with E-state index in [1.165, 1.54) is 11.1 Å². The van der Waals surface area contributed by atoms with E-state index in [0.717, 1.165) is 16.8 Å². The lowest BCUT2D eigenvalue weighted by molar-refractivity contribution is 0.133. The number of anilines is 1. The predicted molar refractivity (Wildman–Crippen MR) is 112 cm³/mol. The second kappa shape index (κ2) is 10.3. The zero-order valence-corrected chi connectivity index (χ0v) is 16.8. The fraction of sp³-hybridized carbons (Fsp3) is 0.316. The van der Waals surface area contributed by atoms with Gasteiger partial charge in [0.15, 0.2) is 5.96 Å². The lowest BCUT2D eigenvalue weighted by Crippen LogP contribution is -2.22. The lowest BCUT2D eigenvalue weighted by Gasteiger charge is -2.10. The summed E-state index contributed by atoms with van der Waals surface area (Å²) < 4.78 is 5.49. The molecule has 0 bridgehead atoms. The van der Waals surface area contributed by atoms with E-state index in [4.69, 9.17) is 10.5 Å². The maximum absolute atomic E-state index is 6.01. The molecule has 0 saturated heterocycles. The first-order chi connectivity index (χ1) is 11.1. The Hall–Kier alpha value is -1.60. The van der Waals surface area contributed by atoms with Crippen LogP contribution in [-0.2, 0) is 17.9 Å². The molecule has 0 amide bonds. The van der Waals surface area contributed by atoms with Crippen LogP contribution in [-0.4, -0.2) is 12.6 Å². The van der Waals surface area contributed by atoms with Gasteiger partial charge in [-0.1, -0.05) is 30.3 Å². The summed E-state index contributed by atoms with van der Waals surface area (Å²) in [6.45, 7) is 7.96. The number of aliphatic imine (C=N–C) groups is 1. The number of nitrogens with zero attached hydrogens (tertiary/aromatic N) is 1. The Morgan fingerprint density at radius 2 is 1.71 bits per heavy atom. The number of ether oxygens (including phenoxy) is 1. The van der Waals surface area contributed by atoms with Crippen LogP contribution in [0.2, 0.25) is 0 Å². The van der Waals surface area contributed by atoms with Crippen LogP contribution >= 0.6 is 24.0 Å². The highest BCUT2D eigenvalue weighted by Crippen LogP contribution is 2.14. The molecule has 0 aliphatic heterocycles. The summed E-state index contributed by atoms with van der Waals surface area (Å²) in [6, 6.07) is 14.4. The highest BCUT2D eigenvalue weighted by atomic mass is 127. The minimum atomic E-state index is 0. The maximum atomic E-state index is 6.01. The molecule has 0 spiro atoms. The monoisotopic (exact) mass is 439 g/mol. The molecule has 0 fully saturated rings.